The standard InChI is InChI=1S/C28H33N7O3.C26H29F3N6O3.C26H30F2N6O3.C25H32N8O2/c1-18(36)33-11-7-25-22(17-33)27(32-35(25)21-8-12-38-13-9-21)34-10-3-4-19-14-24(31-16-26(19)34)20-5-6-23(30-15-20)28(37)29-2;1-16(36)33-6-3-22-20(15-33)25(31-35(22)18-4-8-37-9-5-18)34-7-10-38-24-11-19(17-13-30-32(2)14-17)21(12-23(24)34)26(27,28)29;1-16(35)32-6-3-22-21(15-32)26(30-34(22)18-4-8-36-9-5-18)33-7-10-37-24-12-19(17-13-29-31(2)14-17)20(25(27)28)11-23(24)33;1-26-25(34)31-9-5-22-20(16-31)24(29-33(22)19-6-10-35-11-7-19)32-8-3-4-17-12-21(27-14-23(17)32)18-13-28-30(2)15-18/h5-6,14-16,21H,3-4,7-13,17H2,1-2H3,(H,29,37);11-14,18H,3-10,15H2,1-2H3;11-14,18,25H,3-10,15H2,1-2H3;12-15,19H,3-11,16H2,1-2H3,(H,26,34)/p+1. The van der Waals surface area contributed by atoms with Crippen LogP contribution in [-0.2, 0) is 125 Å². The van der Waals surface area contributed by atoms with Crippen molar-refractivity contribution in [3.63, 3.8) is 0 Å². The average Bonchev–Trinajstić information content (AvgIpc) is 1.55. The molecule has 10 aromatic heterocycles. The zero-order chi connectivity index (χ0) is 102. The molecule has 43 heteroatoms. The first-order valence-electron chi connectivity index (χ1n) is 51.5. The summed E-state index contributed by atoms with van der Waals surface area (Å²) in [4.78, 5) is 90.9. The number of aromatic nitrogens is 17. The van der Waals surface area contributed by atoms with Gasteiger partial charge < -0.3 is 78.3 Å². The Morgan fingerprint density at radius 2 is 0.872 bits per heavy atom. The molecule has 3 N–H and O–H groups in total. The number of carbonyl (C=O) groups excluding carboxylic acids is 5. The van der Waals surface area contributed by atoms with Gasteiger partial charge in [-0.2, -0.15) is 43.8 Å². The minimum atomic E-state index is -4.59. The Hall–Kier alpha value is -14.2. The van der Waals surface area contributed by atoms with Crippen molar-refractivity contribution in [2.45, 2.75) is 186 Å². The normalized spacial score (nSPS) is 18.1. The van der Waals surface area contributed by atoms with E-state index in [-0.39, 0.29) is 52.9 Å². The molecule has 0 unspecified atom stereocenters. The van der Waals surface area contributed by atoms with Gasteiger partial charge in [0, 0.05) is 259 Å². The smallest absolute Gasteiger partial charge is 0.417 e. The molecule has 0 spiro atoms. The van der Waals surface area contributed by atoms with E-state index in [2.05, 4.69) is 72.0 Å². The van der Waals surface area contributed by atoms with Crippen molar-refractivity contribution in [2.75, 3.05) is 152 Å². The zero-order valence-electron chi connectivity index (χ0n) is 84.7. The van der Waals surface area contributed by atoms with Gasteiger partial charge in [-0.05, 0) is 129 Å². The number of amides is 6. The molecule has 12 aliphatic heterocycles. The van der Waals surface area contributed by atoms with E-state index in [1.165, 1.54) is 52.1 Å². The molecular weight excluding hydrogens is 1910 g/mol. The van der Waals surface area contributed by atoms with Crippen molar-refractivity contribution < 1.29 is 79.0 Å². The maximum absolute atomic E-state index is 14.3. The number of carbonyl (C=O) groups is 5. The highest BCUT2D eigenvalue weighted by Crippen LogP contribution is 2.51. The fraction of sp³-hybridized carbons (Fsp3) is 0.495. The minimum absolute atomic E-state index is 0.0173. The number of pyridine rings is 3. The Morgan fingerprint density at radius 3 is 1.32 bits per heavy atom. The van der Waals surface area contributed by atoms with Crippen LogP contribution in [-0.4, -0.2) is 261 Å². The van der Waals surface area contributed by atoms with Crippen LogP contribution < -0.4 is 44.4 Å². The van der Waals surface area contributed by atoms with E-state index in [1.54, 1.807) is 99.3 Å². The summed E-state index contributed by atoms with van der Waals surface area (Å²) in [6.45, 7) is 18.5. The maximum atomic E-state index is 14.3. The number of urea groups is 1. The average molecular weight is 2040 g/mol. The predicted octanol–water partition coefficient (Wildman–Crippen LogP) is 13.4. The Balaban J connectivity index is 0.000000116. The molecule has 38 nitrogen and oxygen atoms in total. The van der Waals surface area contributed by atoms with Gasteiger partial charge >= 0.3 is 12.2 Å². The SMILES string of the molecule is CC(=O)N1CCc2c(c(N3CCOc4cc(-c5cnn(C)c5)c(C(F)(F)F)cc43)nn2C2CCOCC2)C1.CC(=O)N1CCc2c(c(N3CCOc4cc(-c5cnn(C)c5)c(C(F)F)cc43)[nH][n+]2C2CCOCC2)C1.CNC(=O)N1CCc2c(c(N3CCCc4cc(-c5cnn(C)c5)ncc43)nn2C2CCOCC2)C1.CNC(=O)c1ccc(-c2cc3c(cn2)N(c2nn(C4CCOCC4)c4c2CN(C(C)=O)CC4)CCC3)cn1. The lowest BCUT2D eigenvalue weighted by Crippen LogP contribution is -2.49. The summed E-state index contributed by atoms with van der Waals surface area (Å²) in [6, 6.07) is 14.8. The molecule has 4 saturated heterocycles. The van der Waals surface area contributed by atoms with Crippen LogP contribution in [0, 0.1) is 0 Å². The largest absolute Gasteiger partial charge is 0.490 e. The van der Waals surface area contributed by atoms with Gasteiger partial charge in [0.05, 0.1) is 153 Å². The number of aryl methyl sites for hydroxylation is 5. The fourth-order valence-electron chi connectivity index (χ4n) is 22.8. The number of aromatic amines is 1. The molecule has 12 aliphatic rings. The minimum Gasteiger partial charge on any atom is -0.490 e. The number of nitrogens with one attached hydrogen (secondary N) is 3. The van der Waals surface area contributed by atoms with E-state index in [4.69, 9.17) is 53.7 Å². The van der Waals surface area contributed by atoms with Crippen LogP contribution >= 0.6 is 0 Å². The molecule has 22 heterocycles. The number of hydrogen-bond acceptors (Lipinski definition) is 24. The first-order valence-corrected chi connectivity index (χ1v) is 51.5. The number of halogens is 5. The Bertz CT molecular complexity index is 6940. The van der Waals surface area contributed by atoms with Crippen LogP contribution in [0.25, 0.3) is 44.8 Å². The number of anilines is 8. The van der Waals surface area contributed by atoms with Crippen molar-refractivity contribution in [1.29, 1.82) is 0 Å². The molecule has 780 valence electrons. The lowest BCUT2D eigenvalue weighted by molar-refractivity contribution is -0.782. The van der Waals surface area contributed by atoms with Gasteiger partial charge in [-0.15, -0.1) is 9.78 Å². The third-order valence-electron chi connectivity index (χ3n) is 30.6. The van der Waals surface area contributed by atoms with Gasteiger partial charge in [-0.1, -0.05) is 0 Å². The highest BCUT2D eigenvalue weighted by Gasteiger charge is 2.45. The van der Waals surface area contributed by atoms with Crippen LogP contribution in [0.3, 0.4) is 0 Å². The molecule has 24 rings (SSSR count). The number of rotatable bonds is 14. The van der Waals surface area contributed by atoms with Crippen LogP contribution in [0.4, 0.5) is 72.8 Å². The van der Waals surface area contributed by atoms with Gasteiger partial charge in [-0.3, -0.25) is 62.2 Å². The number of ether oxygens (including phenoxy) is 6. The second-order valence-electron chi connectivity index (χ2n) is 39.7. The second kappa shape index (κ2) is 42.6. The lowest BCUT2D eigenvalue weighted by Gasteiger charge is -2.33. The molecule has 148 heavy (non-hydrogen) atoms. The number of hydrogen-bond donors (Lipinski definition) is 3. The lowest BCUT2D eigenvalue weighted by atomic mass is 9.99. The van der Waals surface area contributed by atoms with Gasteiger partial charge in [0.1, 0.15) is 30.4 Å². The molecule has 0 radical (unpaired) electrons. The van der Waals surface area contributed by atoms with Gasteiger partial charge in [-0.25, -0.2) is 13.6 Å². The molecule has 6 amide bonds. The number of nitrogens with zero attached hydrogens (tertiary/aromatic N) is 24. The van der Waals surface area contributed by atoms with Crippen molar-refractivity contribution in [1.82, 2.24) is 109 Å². The van der Waals surface area contributed by atoms with E-state index in [1.807, 2.05) is 67.1 Å². The quantitative estimate of drug-likeness (QED) is 0.0672. The number of fused-ring (bicyclic) bond motifs is 8. The zero-order valence-corrected chi connectivity index (χ0v) is 84.7. The fourth-order valence-corrected chi connectivity index (χ4v) is 22.8. The number of H-pyrrole nitrogens is 1. The Morgan fingerprint density at radius 1 is 0.439 bits per heavy atom. The Kier molecular flexibility index (Phi) is 28.7. The summed E-state index contributed by atoms with van der Waals surface area (Å²) in [5, 5.41) is 37.0. The molecule has 4 fully saturated rings. The van der Waals surface area contributed by atoms with Crippen molar-refractivity contribution in [3.05, 3.63) is 177 Å². The summed E-state index contributed by atoms with van der Waals surface area (Å²) < 4.78 is 120. The topological polar surface area (TPSA) is 356 Å². The molecule has 0 atom stereocenters. The van der Waals surface area contributed by atoms with E-state index in [0.717, 1.165) is 228 Å². The van der Waals surface area contributed by atoms with Crippen LogP contribution in [0.5, 0.6) is 11.5 Å². The van der Waals surface area contributed by atoms with Crippen LogP contribution in [0.15, 0.2) is 104 Å². The molecule has 2 aromatic carbocycles. The van der Waals surface area contributed by atoms with Crippen LogP contribution in [0.1, 0.15) is 193 Å². The first kappa shape index (κ1) is 99.8. The molecule has 0 saturated carbocycles. The third-order valence-corrected chi connectivity index (χ3v) is 30.6. The molecule has 0 bridgehead atoms. The van der Waals surface area contributed by atoms with Crippen LogP contribution in [0.2, 0.25) is 0 Å². The summed E-state index contributed by atoms with van der Waals surface area (Å²) in [5.74, 6) is 4.13. The Labute approximate surface area is 852 Å². The van der Waals surface area contributed by atoms with Crippen molar-refractivity contribution in [2.24, 2.45) is 21.1 Å². The van der Waals surface area contributed by atoms with Crippen molar-refractivity contribution in [3.8, 4) is 56.3 Å². The monoisotopic (exact) mass is 2030 g/mol. The predicted molar refractivity (Wildman–Crippen MR) is 537 cm³/mol. The molecule has 12 aromatic rings. The van der Waals surface area contributed by atoms with Crippen molar-refractivity contribution >= 4 is 75.7 Å². The summed E-state index contributed by atoms with van der Waals surface area (Å²) >= 11 is 0. The third kappa shape index (κ3) is 20.1. The highest BCUT2D eigenvalue weighted by atomic mass is 19.4. The summed E-state index contributed by atoms with van der Waals surface area (Å²) in [5.41, 5.74) is 19.2. The maximum Gasteiger partial charge on any atom is 0.417 e. The van der Waals surface area contributed by atoms with E-state index in [9.17, 15) is 45.9 Å². The summed E-state index contributed by atoms with van der Waals surface area (Å²) in [6.07, 6.45) is 22.8. The molecule has 0 aliphatic carbocycles. The van der Waals surface area contributed by atoms with E-state index >= 15 is 0 Å². The number of alkyl halides is 5. The summed E-state index contributed by atoms with van der Waals surface area (Å²) in [7, 11) is 8.63. The second-order valence-corrected chi connectivity index (χ2v) is 39.7. The van der Waals surface area contributed by atoms with Gasteiger partial charge in [0.2, 0.25) is 23.4 Å². The van der Waals surface area contributed by atoms with Gasteiger partial charge in [0.25, 0.3) is 12.3 Å². The van der Waals surface area contributed by atoms with E-state index < -0.39 is 18.2 Å². The first-order chi connectivity index (χ1) is 71.8. The molecular formula is C105H125F5N27O11+. The van der Waals surface area contributed by atoms with E-state index in [0.29, 0.717) is 168 Å². The highest BCUT2D eigenvalue weighted by molar-refractivity contribution is 5.92. The van der Waals surface area contributed by atoms with Gasteiger partial charge in [0.15, 0.2) is 29.3 Å². The number of benzene rings is 2.